The van der Waals surface area contributed by atoms with Crippen LogP contribution in [-0.4, -0.2) is 9.97 Å². The SMILES string of the molecule is C=CCCc1nc(N)nc(N)c1-c1cccc(C)c1. The van der Waals surface area contributed by atoms with Crippen LogP contribution in [0.25, 0.3) is 11.1 Å². The molecule has 0 aliphatic heterocycles. The Hall–Kier alpha value is -2.36. The topological polar surface area (TPSA) is 77.8 Å². The third-order valence-corrected chi connectivity index (χ3v) is 2.92. The quantitative estimate of drug-likeness (QED) is 0.822. The van der Waals surface area contributed by atoms with E-state index in [2.05, 4.69) is 22.6 Å². The van der Waals surface area contributed by atoms with Crippen molar-refractivity contribution in [2.24, 2.45) is 0 Å². The lowest BCUT2D eigenvalue weighted by Crippen LogP contribution is -2.06. The molecule has 0 saturated carbocycles. The molecule has 0 atom stereocenters. The van der Waals surface area contributed by atoms with Crippen LogP contribution in [0.4, 0.5) is 11.8 Å². The number of benzene rings is 1. The Kier molecular flexibility index (Phi) is 3.80. The van der Waals surface area contributed by atoms with Crippen LogP contribution in [0, 0.1) is 6.92 Å². The van der Waals surface area contributed by atoms with Crippen molar-refractivity contribution < 1.29 is 0 Å². The van der Waals surface area contributed by atoms with Gasteiger partial charge in [-0.1, -0.05) is 35.9 Å². The Morgan fingerprint density at radius 1 is 1.26 bits per heavy atom. The zero-order valence-corrected chi connectivity index (χ0v) is 11.1. The van der Waals surface area contributed by atoms with Gasteiger partial charge in [-0.15, -0.1) is 6.58 Å². The number of nitrogens with two attached hydrogens (primary N) is 2. The van der Waals surface area contributed by atoms with Crippen molar-refractivity contribution in [2.45, 2.75) is 19.8 Å². The fourth-order valence-corrected chi connectivity index (χ4v) is 2.08. The number of hydrogen-bond acceptors (Lipinski definition) is 4. The second kappa shape index (κ2) is 5.52. The standard InChI is InChI=1S/C15H18N4/c1-3-4-8-12-13(14(16)19-15(17)18-12)11-7-5-6-10(2)9-11/h3,5-7,9H,1,4,8H2,2H3,(H4,16,17,18,19). The molecule has 0 spiro atoms. The predicted molar refractivity (Wildman–Crippen MR) is 79.5 cm³/mol. The highest BCUT2D eigenvalue weighted by Crippen LogP contribution is 2.29. The summed E-state index contributed by atoms with van der Waals surface area (Å²) in [7, 11) is 0. The van der Waals surface area contributed by atoms with Gasteiger partial charge in [0.05, 0.1) is 5.69 Å². The molecule has 0 aliphatic carbocycles. The van der Waals surface area contributed by atoms with E-state index in [0.717, 1.165) is 29.7 Å². The van der Waals surface area contributed by atoms with Gasteiger partial charge < -0.3 is 11.5 Å². The first kappa shape index (κ1) is 13.1. The number of aromatic nitrogens is 2. The maximum absolute atomic E-state index is 6.02. The third-order valence-electron chi connectivity index (χ3n) is 2.92. The molecule has 0 saturated heterocycles. The van der Waals surface area contributed by atoms with Crippen molar-refractivity contribution in [2.75, 3.05) is 11.5 Å². The third kappa shape index (κ3) is 2.91. The van der Waals surface area contributed by atoms with E-state index in [-0.39, 0.29) is 5.95 Å². The molecule has 2 rings (SSSR count). The smallest absolute Gasteiger partial charge is 0.222 e. The average Bonchev–Trinajstić information content (AvgIpc) is 2.35. The Bertz CT molecular complexity index is 605. The molecule has 0 fully saturated rings. The van der Waals surface area contributed by atoms with Gasteiger partial charge in [-0.3, -0.25) is 0 Å². The summed E-state index contributed by atoms with van der Waals surface area (Å²) in [5, 5.41) is 0. The van der Waals surface area contributed by atoms with E-state index in [1.54, 1.807) is 0 Å². The van der Waals surface area contributed by atoms with Crippen LogP contribution in [0.2, 0.25) is 0 Å². The van der Waals surface area contributed by atoms with Gasteiger partial charge in [-0.25, -0.2) is 4.98 Å². The summed E-state index contributed by atoms with van der Waals surface area (Å²) in [4.78, 5) is 8.38. The zero-order chi connectivity index (χ0) is 13.8. The summed E-state index contributed by atoms with van der Waals surface area (Å²) in [6.45, 7) is 5.77. The largest absolute Gasteiger partial charge is 0.383 e. The summed E-state index contributed by atoms with van der Waals surface area (Å²) in [6, 6.07) is 8.12. The van der Waals surface area contributed by atoms with Crippen molar-refractivity contribution in [3.8, 4) is 11.1 Å². The molecule has 1 aromatic heterocycles. The lowest BCUT2D eigenvalue weighted by molar-refractivity contribution is 0.939. The van der Waals surface area contributed by atoms with Crippen molar-refractivity contribution in [3.63, 3.8) is 0 Å². The molecule has 1 heterocycles. The monoisotopic (exact) mass is 254 g/mol. The summed E-state index contributed by atoms with van der Waals surface area (Å²) < 4.78 is 0. The molecule has 2 aromatic rings. The number of nitrogens with zero attached hydrogens (tertiary/aromatic N) is 2. The lowest BCUT2D eigenvalue weighted by Gasteiger charge is -2.12. The molecule has 0 unspecified atom stereocenters. The van der Waals surface area contributed by atoms with Gasteiger partial charge in [0.1, 0.15) is 5.82 Å². The van der Waals surface area contributed by atoms with Crippen molar-refractivity contribution in [3.05, 3.63) is 48.2 Å². The number of aryl methyl sites for hydroxylation is 2. The molecular formula is C15H18N4. The maximum atomic E-state index is 6.02. The van der Waals surface area contributed by atoms with Crippen LogP contribution >= 0.6 is 0 Å². The highest BCUT2D eigenvalue weighted by atomic mass is 15.0. The van der Waals surface area contributed by atoms with Gasteiger partial charge in [-0.05, 0) is 25.3 Å². The normalized spacial score (nSPS) is 10.4. The first-order chi connectivity index (χ1) is 9.11. The fraction of sp³-hybridized carbons (Fsp3) is 0.200. The lowest BCUT2D eigenvalue weighted by atomic mass is 10.00. The second-order valence-electron chi connectivity index (χ2n) is 4.49. The van der Waals surface area contributed by atoms with Crippen LogP contribution < -0.4 is 11.5 Å². The van der Waals surface area contributed by atoms with E-state index in [9.17, 15) is 0 Å². The van der Waals surface area contributed by atoms with Gasteiger partial charge in [0.15, 0.2) is 0 Å². The molecule has 0 radical (unpaired) electrons. The highest BCUT2D eigenvalue weighted by molar-refractivity contribution is 5.77. The maximum Gasteiger partial charge on any atom is 0.222 e. The molecule has 0 bridgehead atoms. The van der Waals surface area contributed by atoms with E-state index in [1.807, 2.05) is 31.2 Å². The molecule has 19 heavy (non-hydrogen) atoms. The Labute approximate surface area is 113 Å². The van der Waals surface area contributed by atoms with Crippen molar-refractivity contribution >= 4 is 11.8 Å². The van der Waals surface area contributed by atoms with Crippen LogP contribution in [0.5, 0.6) is 0 Å². The summed E-state index contributed by atoms with van der Waals surface area (Å²) in [5.74, 6) is 0.644. The van der Waals surface area contributed by atoms with E-state index in [0.29, 0.717) is 5.82 Å². The van der Waals surface area contributed by atoms with Gasteiger partial charge in [0.2, 0.25) is 5.95 Å². The number of allylic oxidation sites excluding steroid dienone is 1. The fourth-order valence-electron chi connectivity index (χ4n) is 2.08. The molecule has 0 aliphatic rings. The molecule has 1 aromatic carbocycles. The number of rotatable bonds is 4. The van der Waals surface area contributed by atoms with Crippen LogP contribution in [0.15, 0.2) is 36.9 Å². The number of nitrogen functional groups attached to an aromatic ring is 2. The number of hydrogen-bond donors (Lipinski definition) is 2. The van der Waals surface area contributed by atoms with Crippen LogP contribution in [-0.2, 0) is 6.42 Å². The van der Waals surface area contributed by atoms with Crippen molar-refractivity contribution in [1.82, 2.24) is 9.97 Å². The molecule has 4 N–H and O–H groups in total. The summed E-state index contributed by atoms with van der Waals surface area (Å²) >= 11 is 0. The summed E-state index contributed by atoms with van der Waals surface area (Å²) in [5.41, 5.74) is 15.6. The Balaban J connectivity index is 2.56. The minimum atomic E-state index is 0.216. The zero-order valence-electron chi connectivity index (χ0n) is 11.1. The molecule has 98 valence electrons. The minimum Gasteiger partial charge on any atom is -0.383 e. The first-order valence-corrected chi connectivity index (χ1v) is 6.21. The van der Waals surface area contributed by atoms with Gasteiger partial charge in [0, 0.05) is 5.56 Å². The van der Waals surface area contributed by atoms with E-state index in [1.165, 1.54) is 5.56 Å². The Morgan fingerprint density at radius 2 is 2.05 bits per heavy atom. The molecule has 4 heteroatoms. The van der Waals surface area contributed by atoms with E-state index in [4.69, 9.17) is 11.5 Å². The predicted octanol–water partition coefficient (Wildman–Crippen LogP) is 2.74. The van der Waals surface area contributed by atoms with Gasteiger partial charge in [-0.2, -0.15) is 4.98 Å². The second-order valence-corrected chi connectivity index (χ2v) is 4.49. The van der Waals surface area contributed by atoms with Crippen molar-refractivity contribution in [1.29, 1.82) is 0 Å². The van der Waals surface area contributed by atoms with Gasteiger partial charge in [0.25, 0.3) is 0 Å². The molecule has 0 amide bonds. The molecule has 4 nitrogen and oxygen atoms in total. The molecular weight excluding hydrogens is 236 g/mol. The minimum absolute atomic E-state index is 0.216. The van der Waals surface area contributed by atoms with Crippen LogP contribution in [0.1, 0.15) is 17.7 Å². The van der Waals surface area contributed by atoms with E-state index < -0.39 is 0 Å². The Morgan fingerprint density at radius 3 is 2.74 bits per heavy atom. The highest BCUT2D eigenvalue weighted by Gasteiger charge is 2.13. The summed E-state index contributed by atoms with van der Waals surface area (Å²) in [6.07, 6.45) is 3.44. The van der Waals surface area contributed by atoms with Gasteiger partial charge >= 0.3 is 0 Å². The number of anilines is 2. The average molecular weight is 254 g/mol. The van der Waals surface area contributed by atoms with Crippen LogP contribution in [0.3, 0.4) is 0 Å². The van der Waals surface area contributed by atoms with E-state index >= 15 is 0 Å². The first-order valence-electron chi connectivity index (χ1n) is 6.21.